The number of fused-ring (bicyclic) bond motifs is 1. The Morgan fingerprint density at radius 1 is 1.00 bits per heavy atom. The summed E-state index contributed by atoms with van der Waals surface area (Å²) in [5.74, 6) is 2.39. The van der Waals surface area contributed by atoms with Gasteiger partial charge in [0.2, 0.25) is 0 Å². The molecule has 1 amide bonds. The molecule has 2 saturated carbocycles. The molecular formula is C34H33N7O2. The summed E-state index contributed by atoms with van der Waals surface area (Å²) in [4.78, 5) is 20.8. The monoisotopic (exact) mass is 571 g/mol. The topological polar surface area (TPSA) is 109 Å². The van der Waals surface area contributed by atoms with Crippen LogP contribution in [0.3, 0.4) is 0 Å². The number of aromatic nitrogens is 4. The van der Waals surface area contributed by atoms with Crippen LogP contribution in [0, 0.1) is 17.2 Å². The molecule has 0 radical (unpaired) electrons. The molecule has 0 bridgehead atoms. The SMILES string of the molecule is Cn1cnnc1-c1cc(C#N)ccc1-c1cc(C2CC2)nc(N2Cc3ccc([C@@H]4COC[C@H](C5CCC5)N4)cc3C2=O)c1. The Labute approximate surface area is 250 Å². The first kappa shape index (κ1) is 26.3. The number of carbonyl (C=O) groups is 1. The van der Waals surface area contributed by atoms with Crippen LogP contribution in [0.2, 0.25) is 0 Å². The number of nitriles is 1. The first-order chi connectivity index (χ1) is 21.1. The summed E-state index contributed by atoms with van der Waals surface area (Å²) in [6.07, 6.45) is 7.68. The molecule has 9 heteroatoms. The zero-order valence-electron chi connectivity index (χ0n) is 24.2. The molecule has 43 heavy (non-hydrogen) atoms. The highest BCUT2D eigenvalue weighted by Crippen LogP contribution is 2.43. The number of nitrogens with zero attached hydrogens (tertiary/aromatic N) is 6. The molecule has 2 atom stereocenters. The molecule has 216 valence electrons. The van der Waals surface area contributed by atoms with E-state index >= 15 is 0 Å². The molecule has 2 aromatic carbocycles. The highest BCUT2D eigenvalue weighted by atomic mass is 16.5. The van der Waals surface area contributed by atoms with Gasteiger partial charge in [-0.1, -0.05) is 24.6 Å². The highest BCUT2D eigenvalue weighted by Gasteiger charge is 2.35. The summed E-state index contributed by atoms with van der Waals surface area (Å²) >= 11 is 0. The highest BCUT2D eigenvalue weighted by molar-refractivity contribution is 6.10. The summed E-state index contributed by atoms with van der Waals surface area (Å²) in [5, 5.41) is 21.8. The summed E-state index contributed by atoms with van der Waals surface area (Å²) < 4.78 is 7.85. The van der Waals surface area contributed by atoms with Crippen molar-refractivity contribution in [3.05, 3.63) is 82.8 Å². The summed E-state index contributed by atoms with van der Waals surface area (Å²) in [6, 6.07) is 18.8. The number of hydrogen-bond donors (Lipinski definition) is 1. The van der Waals surface area contributed by atoms with E-state index in [1.165, 1.54) is 19.3 Å². The normalized spacial score (nSPS) is 21.9. The Bertz CT molecular complexity index is 1780. The van der Waals surface area contributed by atoms with Crippen LogP contribution >= 0.6 is 0 Å². The molecule has 2 aliphatic carbocycles. The fourth-order valence-electron chi connectivity index (χ4n) is 6.69. The third kappa shape index (κ3) is 4.71. The van der Waals surface area contributed by atoms with E-state index in [2.05, 4.69) is 45.8 Å². The van der Waals surface area contributed by atoms with Crippen molar-refractivity contribution >= 4 is 11.7 Å². The lowest BCUT2D eigenvalue weighted by Crippen LogP contribution is -2.49. The number of pyridine rings is 1. The number of aryl methyl sites for hydroxylation is 1. The van der Waals surface area contributed by atoms with Crippen LogP contribution < -0.4 is 10.2 Å². The van der Waals surface area contributed by atoms with Crippen LogP contribution in [-0.2, 0) is 18.3 Å². The van der Waals surface area contributed by atoms with Crippen LogP contribution in [0.25, 0.3) is 22.5 Å². The second kappa shape index (κ2) is 10.4. The number of carbonyl (C=O) groups excluding carboxylic acids is 1. The van der Waals surface area contributed by atoms with Gasteiger partial charge < -0.3 is 14.6 Å². The van der Waals surface area contributed by atoms with Gasteiger partial charge in [-0.25, -0.2) is 4.98 Å². The number of hydrogen-bond acceptors (Lipinski definition) is 7. The van der Waals surface area contributed by atoms with Crippen LogP contribution in [-0.4, -0.2) is 44.9 Å². The fourth-order valence-corrected chi connectivity index (χ4v) is 6.69. The van der Waals surface area contributed by atoms with E-state index in [-0.39, 0.29) is 11.9 Å². The van der Waals surface area contributed by atoms with Gasteiger partial charge >= 0.3 is 0 Å². The zero-order chi connectivity index (χ0) is 29.1. The number of anilines is 1. The van der Waals surface area contributed by atoms with Crippen molar-refractivity contribution in [2.75, 3.05) is 18.1 Å². The Morgan fingerprint density at radius 3 is 2.63 bits per heavy atom. The Balaban J connectivity index is 1.14. The maximum Gasteiger partial charge on any atom is 0.260 e. The van der Waals surface area contributed by atoms with Crippen molar-refractivity contribution < 1.29 is 9.53 Å². The standard InChI is InChI=1S/C34H33N7O2/c1-40-19-36-39-33(40)28-11-20(15-35)5-10-26(28)25-13-29(22-6-7-22)38-32(14-25)41-16-24-9-8-23(12-27(24)34(41)42)31-18-43-17-30(37-31)21-3-2-4-21/h5,8-14,19,21-22,30-31,37H,2-4,6-7,16-18H2,1H3/t30-,31+/m1/s1. The van der Waals surface area contributed by atoms with Gasteiger partial charge in [0, 0.05) is 35.8 Å². The van der Waals surface area contributed by atoms with Crippen molar-refractivity contribution in [3.8, 4) is 28.6 Å². The molecule has 3 fully saturated rings. The van der Waals surface area contributed by atoms with E-state index in [0.717, 1.165) is 58.5 Å². The quantitative estimate of drug-likeness (QED) is 0.335. The van der Waals surface area contributed by atoms with E-state index < -0.39 is 0 Å². The number of nitrogens with one attached hydrogen (secondary N) is 1. The summed E-state index contributed by atoms with van der Waals surface area (Å²) in [7, 11) is 1.89. The molecule has 4 aromatic rings. The predicted octanol–water partition coefficient (Wildman–Crippen LogP) is 5.28. The van der Waals surface area contributed by atoms with E-state index in [4.69, 9.17) is 9.72 Å². The zero-order valence-corrected chi connectivity index (χ0v) is 24.2. The second-order valence-corrected chi connectivity index (χ2v) is 12.4. The molecular weight excluding hydrogens is 538 g/mol. The second-order valence-electron chi connectivity index (χ2n) is 12.4. The summed E-state index contributed by atoms with van der Waals surface area (Å²) in [5.41, 5.74) is 7.10. The lowest BCUT2D eigenvalue weighted by molar-refractivity contribution is 0.0122. The minimum Gasteiger partial charge on any atom is -0.378 e. The van der Waals surface area contributed by atoms with Gasteiger partial charge in [-0.15, -0.1) is 10.2 Å². The number of morpholine rings is 1. The average Bonchev–Trinajstić information content (AvgIpc) is 3.70. The molecule has 4 heterocycles. The lowest BCUT2D eigenvalue weighted by atomic mass is 9.79. The van der Waals surface area contributed by atoms with E-state index in [1.54, 1.807) is 11.2 Å². The molecule has 9 nitrogen and oxygen atoms in total. The molecule has 0 spiro atoms. The Morgan fingerprint density at radius 2 is 1.88 bits per heavy atom. The minimum absolute atomic E-state index is 0.0242. The van der Waals surface area contributed by atoms with Crippen LogP contribution in [0.5, 0.6) is 0 Å². The van der Waals surface area contributed by atoms with Crippen molar-refractivity contribution in [2.24, 2.45) is 13.0 Å². The molecule has 2 aliphatic heterocycles. The van der Waals surface area contributed by atoms with Gasteiger partial charge in [0.05, 0.1) is 37.4 Å². The number of amides is 1. The number of benzene rings is 2. The number of rotatable bonds is 6. The van der Waals surface area contributed by atoms with Gasteiger partial charge in [0.1, 0.15) is 12.1 Å². The summed E-state index contributed by atoms with van der Waals surface area (Å²) in [6.45, 7) is 1.87. The van der Waals surface area contributed by atoms with E-state index in [9.17, 15) is 10.1 Å². The van der Waals surface area contributed by atoms with E-state index in [1.807, 2.05) is 35.9 Å². The van der Waals surface area contributed by atoms with Crippen molar-refractivity contribution in [1.29, 1.82) is 5.26 Å². The van der Waals surface area contributed by atoms with Gasteiger partial charge in [-0.3, -0.25) is 9.69 Å². The Hall–Kier alpha value is -4.39. The van der Waals surface area contributed by atoms with Crippen molar-refractivity contribution in [3.63, 3.8) is 0 Å². The van der Waals surface area contributed by atoms with Crippen LogP contribution in [0.1, 0.15) is 76.8 Å². The molecule has 8 rings (SSSR count). The molecule has 2 aromatic heterocycles. The first-order valence-electron chi connectivity index (χ1n) is 15.2. The fraction of sp³-hybridized carbons (Fsp3) is 0.382. The first-order valence-corrected chi connectivity index (χ1v) is 15.2. The van der Waals surface area contributed by atoms with Gasteiger partial charge in [-0.2, -0.15) is 5.26 Å². The van der Waals surface area contributed by atoms with Crippen LogP contribution in [0.15, 0.2) is 54.9 Å². The van der Waals surface area contributed by atoms with Gasteiger partial charge in [0.25, 0.3) is 5.91 Å². The molecule has 4 aliphatic rings. The largest absolute Gasteiger partial charge is 0.378 e. The van der Waals surface area contributed by atoms with Gasteiger partial charge in [0.15, 0.2) is 5.82 Å². The molecule has 0 unspecified atom stereocenters. The average molecular weight is 572 g/mol. The van der Waals surface area contributed by atoms with Gasteiger partial charge in [-0.05, 0) is 84.2 Å². The molecule has 1 saturated heterocycles. The van der Waals surface area contributed by atoms with E-state index in [0.29, 0.717) is 48.2 Å². The van der Waals surface area contributed by atoms with Crippen molar-refractivity contribution in [2.45, 2.75) is 56.7 Å². The maximum atomic E-state index is 14.0. The minimum atomic E-state index is -0.0242. The maximum absolute atomic E-state index is 14.0. The number of ether oxygens (including phenoxy) is 1. The predicted molar refractivity (Wildman–Crippen MR) is 161 cm³/mol. The molecule has 1 N–H and O–H groups in total. The third-order valence-electron chi connectivity index (χ3n) is 9.57. The van der Waals surface area contributed by atoms with Crippen LogP contribution in [0.4, 0.5) is 5.82 Å². The Kier molecular flexibility index (Phi) is 6.35. The smallest absolute Gasteiger partial charge is 0.260 e. The third-order valence-corrected chi connectivity index (χ3v) is 9.57. The van der Waals surface area contributed by atoms with Crippen molar-refractivity contribution in [1.82, 2.24) is 25.1 Å². The lowest BCUT2D eigenvalue weighted by Gasteiger charge is -2.40.